The number of rotatable bonds is 6. The molecular weight excluding hydrogens is 200 g/mol. The average Bonchev–Trinajstić information content (AvgIpc) is 2.16. The smallest absolute Gasteiger partial charge is 0.230 e. The standard InChI is InChI=1S/C9H16N2O2S/c1-3-9(2,13)7-11-8(12)6-14-5-4-10/h13H,3,5-7H2,1-2H3,(H,11,12). The van der Waals surface area contributed by atoms with E-state index < -0.39 is 5.60 Å². The van der Waals surface area contributed by atoms with Crippen LogP contribution in [-0.2, 0) is 4.79 Å². The Morgan fingerprint density at radius 3 is 2.86 bits per heavy atom. The molecular formula is C9H16N2O2S. The summed E-state index contributed by atoms with van der Waals surface area (Å²) in [6.45, 7) is 3.79. The summed E-state index contributed by atoms with van der Waals surface area (Å²) < 4.78 is 0. The van der Waals surface area contributed by atoms with Crippen LogP contribution in [0.3, 0.4) is 0 Å². The molecule has 0 radical (unpaired) electrons. The third-order valence-electron chi connectivity index (χ3n) is 1.83. The van der Waals surface area contributed by atoms with Crippen molar-refractivity contribution in [1.29, 1.82) is 5.26 Å². The summed E-state index contributed by atoms with van der Waals surface area (Å²) in [7, 11) is 0. The van der Waals surface area contributed by atoms with E-state index in [1.807, 2.05) is 13.0 Å². The second-order valence-corrected chi connectivity index (χ2v) is 4.26. The molecule has 0 aromatic rings. The van der Waals surface area contributed by atoms with Crippen molar-refractivity contribution >= 4 is 17.7 Å². The molecule has 4 nitrogen and oxygen atoms in total. The van der Waals surface area contributed by atoms with Gasteiger partial charge in [0.15, 0.2) is 0 Å². The summed E-state index contributed by atoms with van der Waals surface area (Å²) in [5.74, 6) is 0.448. The van der Waals surface area contributed by atoms with Crippen LogP contribution in [-0.4, -0.2) is 34.7 Å². The molecule has 0 bridgehead atoms. The zero-order valence-electron chi connectivity index (χ0n) is 8.54. The molecule has 0 aliphatic heterocycles. The largest absolute Gasteiger partial charge is 0.388 e. The number of thioether (sulfide) groups is 1. The Balaban J connectivity index is 3.60. The fourth-order valence-corrected chi connectivity index (χ4v) is 1.14. The third kappa shape index (κ3) is 6.75. The number of aliphatic hydroxyl groups is 1. The van der Waals surface area contributed by atoms with Gasteiger partial charge in [-0.25, -0.2) is 0 Å². The van der Waals surface area contributed by atoms with Crippen LogP contribution in [0.4, 0.5) is 0 Å². The summed E-state index contributed by atoms with van der Waals surface area (Å²) >= 11 is 1.26. The lowest BCUT2D eigenvalue weighted by atomic mass is 10.0. The fourth-order valence-electron chi connectivity index (χ4n) is 0.654. The first-order chi connectivity index (χ1) is 6.52. The lowest BCUT2D eigenvalue weighted by molar-refractivity contribution is -0.119. The number of nitrogens with zero attached hydrogens (tertiary/aromatic N) is 1. The van der Waals surface area contributed by atoms with E-state index in [9.17, 15) is 9.90 Å². The van der Waals surface area contributed by atoms with E-state index in [0.29, 0.717) is 12.2 Å². The lowest BCUT2D eigenvalue weighted by Gasteiger charge is -2.21. The van der Waals surface area contributed by atoms with Crippen molar-refractivity contribution in [2.75, 3.05) is 18.1 Å². The summed E-state index contributed by atoms with van der Waals surface area (Å²) in [5, 5.41) is 20.4. The first-order valence-corrected chi connectivity index (χ1v) is 5.61. The molecule has 14 heavy (non-hydrogen) atoms. The van der Waals surface area contributed by atoms with Crippen molar-refractivity contribution in [1.82, 2.24) is 5.32 Å². The molecule has 0 aromatic heterocycles. The van der Waals surface area contributed by atoms with Gasteiger partial charge in [0.2, 0.25) is 5.91 Å². The Morgan fingerprint density at radius 1 is 1.71 bits per heavy atom. The van der Waals surface area contributed by atoms with Gasteiger partial charge in [0.05, 0.1) is 23.2 Å². The molecule has 0 heterocycles. The SMILES string of the molecule is CCC(C)(O)CNC(=O)CSCC#N. The zero-order valence-corrected chi connectivity index (χ0v) is 9.36. The van der Waals surface area contributed by atoms with Crippen LogP contribution < -0.4 is 5.32 Å². The van der Waals surface area contributed by atoms with E-state index in [4.69, 9.17) is 5.26 Å². The number of amides is 1. The van der Waals surface area contributed by atoms with Crippen LogP contribution in [0.1, 0.15) is 20.3 Å². The van der Waals surface area contributed by atoms with Crippen molar-refractivity contribution in [2.45, 2.75) is 25.9 Å². The Bertz CT molecular complexity index is 223. The van der Waals surface area contributed by atoms with Crippen LogP contribution in [0.25, 0.3) is 0 Å². The predicted molar refractivity (Wildman–Crippen MR) is 56.9 cm³/mol. The molecule has 0 aliphatic carbocycles. The normalized spacial score (nSPS) is 14.1. The molecule has 0 fully saturated rings. The van der Waals surface area contributed by atoms with Gasteiger partial charge in [-0.3, -0.25) is 4.79 Å². The first kappa shape index (κ1) is 13.3. The van der Waals surface area contributed by atoms with E-state index in [2.05, 4.69) is 5.32 Å². The number of hydrogen-bond donors (Lipinski definition) is 2. The molecule has 0 saturated carbocycles. The molecule has 0 saturated heterocycles. The minimum Gasteiger partial charge on any atom is -0.388 e. The van der Waals surface area contributed by atoms with Gasteiger partial charge in [-0.1, -0.05) is 6.92 Å². The zero-order chi connectivity index (χ0) is 11.0. The van der Waals surface area contributed by atoms with Crippen molar-refractivity contribution in [3.05, 3.63) is 0 Å². The highest BCUT2D eigenvalue weighted by atomic mass is 32.2. The van der Waals surface area contributed by atoms with Crippen LogP contribution in [0, 0.1) is 11.3 Å². The number of carbonyl (C=O) groups excluding carboxylic acids is 1. The molecule has 1 amide bonds. The Kier molecular flexibility index (Phi) is 6.34. The molecule has 0 aromatic carbocycles. The highest BCUT2D eigenvalue weighted by Crippen LogP contribution is 2.06. The molecule has 0 rings (SSSR count). The van der Waals surface area contributed by atoms with Gasteiger partial charge < -0.3 is 10.4 Å². The van der Waals surface area contributed by atoms with Gasteiger partial charge in [0, 0.05) is 6.54 Å². The van der Waals surface area contributed by atoms with Gasteiger partial charge in [0.25, 0.3) is 0 Å². The topological polar surface area (TPSA) is 73.1 Å². The van der Waals surface area contributed by atoms with Crippen LogP contribution >= 0.6 is 11.8 Å². The first-order valence-electron chi connectivity index (χ1n) is 4.45. The van der Waals surface area contributed by atoms with Crippen molar-refractivity contribution in [2.24, 2.45) is 0 Å². The van der Waals surface area contributed by atoms with Gasteiger partial charge >= 0.3 is 0 Å². The minimum absolute atomic E-state index is 0.140. The maximum Gasteiger partial charge on any atom is 0.230 e. The van der Waals surface area contributed by atoms with E-state index in [0.717, 1.165) is 0 Å². The molecule has 1 unspecified atom stereocenters. The molecule has 2 N–H and O–H groups in total. The summed E-state index contributed by atoms with van der Waals surface area (Å²) in [4.78, 5) is 11.1. The number of nitrogens with one attached hydrogen (secondary N) is 1. The summed E-state index contributed by atoms with van der Waals surface area (Å²) in [5.41, 5.74) is -0.838. The third-order valence-corrected chi connectivity index (χ3v) is 2.63. The van der Waals surface area contributed by atoms with Gasteiger partial charge in [-0.2, -0.15) is 5.26 Å². The van der Waals surface area contributed by atoms with Crippen LogP contribution in [0.2, 0.25) is 0 Å². The van der Waals surface area contributed by atoms with Crippen molar-refractivity contribution < 1.29 is 9.90 Å². The quantitative estimate of drug-likeness (QED) is 0.635. The van der Waals surface area contributed by atoms with E-state index in [-0.39, 0.29) is 18.2 Å². The Labute approximate surface area is 88.7 Å². The maximum absolute atomic E-state index is 11.1. The molecule has 5 heteroatoms. The van der Waals surface area contributed by atoms with Gasteiger partial charge in [-0.15, -0.1) is 11.8 Å². The lowest BCUT2D eigenvalue weighted by Crippen LogP contribution is -2.40. The minimum atomic E-state index is -0.838. The second kappa shape index (κ2) is 6.68. The number of hydrogen-bond acceptors (Lipinski definition) is 4. The van der Waals surface area contributed by atoms with Crippen molar-refractivity contribution in [3.8, 4) is 6.07 Å². The Hall–Kier alpha value is -0.730. The van der Waals surface area contributed by atoms with Gasteiger partial charge in [-0.05, 0) is 13.3 Å². The monoisotopic (exact) mass is 216 g/mol. The van der Waals surface area contributed by atoms with Crippen LogP contribution in [0.15, 0.2) is 0 Å². The predicted octanol–water partition coefficient (Wildman–Crippen LogP) is 0.520. The van der Waals surface area contributed by atoms with E-state index >= 15 is 0 Å². The Morgan fingerprint density at radius 2 is 2.36 bits per heavy atom. The highest BCUT2D eigenvalue weighted by molar-refractivity contribution is 8.00. The molecule has 0 aliphatic rings. The second-order valence-electron chi connectivity index (χ2n) is 3.28. The van der Waals surface area contributed by atoms with Crippen molar-refractivity contribution in [3.63, 3.8) is 0 Å². The van der Waals surface area contributed by atoms with E-state index in [1.54, 1.807) is 6.92 Å². The number of nitriles is 1. The maximum atomic E-state index is 11.1. The average molecular weight is 216 g/mol. The molecule has 0 spiro atoms. The summed E-state index contributed by atoms with van der Waals surface area (Å²) in [6, 6.07) is 1.94. The van der Waals surface area contributed by atoms with Gasteiger partial charge in [0.1, 0.15) is 0 Å². The molecule has 1 atom stereocenters. The molecule has 80 valence electrons. The number of carbonyl (C=O) groups is 1. The highest BCUT2D eigenvalue weighted by Gasteiger charge is 2.17. The summed E-state index contributed by atoms with van der Waals surface area (Å²) in [6.07, 6.45) is 0.596. The van der Waals surface area contributed by atoms with Crippen LogP contribution in [0.5, 0.6) is 0 Å². The van der Waals surface area contributed by atoms with E-state index in [1.165, 1.54) is 11.8 Å². The fraction of sp³-hybridized carbons (Fsp3) is 0.778.